The molecule has 124 valence electrons. The summed E-state index contributed by atoms with van der Waals surface area (Å²) in [5.74, 6) is -0.232. The van der Waals surface area contributed by atoms with Crippen molar-refractivity contribution in [3.63, 3.8) is 0 Å². The summed E-state index contributed by atoms with van der Waals surface area (Å²) in [7, 11) is 1.44. The summed E-state index contributed by atoms with van der Waals surface area (Å²) in [6.07, 6.45) is 5.60. The maximum Gasteiger partial charge on any atom is 0.253 e. The van der Waals surface area contributed by atoms with Gasteiger partial charge in [-0.05, 0) is 24.1 Å². The van der Waals surface area contributed by atoms with Gasteiger partial charge in [0, 0.05) is 6.54 Å². The third kappa shape index (κ3) is 5.93. The molecule has 0 bridgehead atoms. The van der Waals surface area contributed by atoms with Gasteiger partial charge in [0.25, 0.3) is 5.91 Å². The van der Waals surface area contributed by atoms with Crippen molar-refractivity contribution >= 4 is 5.91 Å². The van der Waals surface area contributed by atoms with E-state index in [1.807, 2.05) is 0 Å². The van der Waals surface area contributed by atoms with Crippen molar-refractivity contribution in [3.8, 4) is 11.5 Å². The van der Waals surface area contributed by atoms with Crippen LogP contribution in [0.3, 0.4) is 0 Å². The van der Waals surface area contributed by atoms with Crippen molar-refractivity contribution in [1.82, 2.24) is 5.32 Å². The molecule has 3 N–H and O–H groups in total. The summed E-state index contributed by atoms with van der Waals surface area (Å²) < 4.78 is 4.93. The molecule has 5 nitrogen and oxygen atoms in total. The lowest BCUT2D eigenvalue weighted by Crippen LogP contribution is -2.30. The molecular weight excluding hydrogens is 282 g/mol. The number of carbonyl (C=O) groups excluding carboxylic acids is 1. The molecule has 0 aliphatic heterocycles. The lowest BCUT2D eigenvalue weighted by molar-refractivity contribution is -0.129. The Hall–Kier alpha value is -1.75. The first-order valence-electron chi connectivity index (χ1n) is 7.92. The van der Waals surface area contributed by atoms with Crippen LogP contribution in [0.4, 0.5) is 0 Å². The Kier molecular flexibility index (Phi) is 8.36. The predicted octanol–water partition coefficient (Wildman–Crippen LogP) is 2.91. The largest absolute Gasteiger partial charge is 0.504 e. The highest BCUT2D eigenvalue weighted by Crippen LogP contribution is 2.28. The highest BCUT2D eigenvalue weighted by Gasteiger charge is 2.18. The number of unbranched alkanes of at least 4 members (excludes halogenated alkanes) is 5. The molecule has 1 aromatic rings. The van der Waals surface area contributed by atoms with E-state index in [9.17, 15) is 15.0 Å². The molecule has 0 fully saturated rings. The predicted molar refractivity (Wildman–Crippen MR) is 86.0 cm³/mol. The summed E-state index contributed by atoms with van der Waals surface area (Å²) in [5.41, 5.74) is 0.346. The molecule has 0 spiro atoms. The van der Waals surface area contributed by atoms with Crippen LogP contribution in [-0.4, -0.2) is 29.8 Å². The van der Waals surface area contributed by atoms with Crippen LogP contribution >= 0.6 is 0 Å². The molecule has 0 radical (unpaired) electrons. The van der Waals surface area contributed by atoms with Crippen LogP contribution in [0.5, 0.6) is 11.5 Å². The van der Waals surface area contributed by atoms with Gasteiger partial charge in [-0.2, -0.15) is 0 Å². The van der Waals surface area contributed by atoms with Crippen LogP contribution in [-0.2, 0) is 4.79 Å². The van der Waals surface area contributed by atoms with Crippen LogP contribution in [0, 0.1) is 0 Å². The van der Waals surface area contributed by atoms with Crippen LogP contribution in [0.2, 0.25) is 0 Å². The molecule has 1 aromatic carbocycles. The van der Waals surface area contributed by atoms with Gasteiger partial charge in [0.1, 0.15) is 0 Å². The number of ether oxygens (including phenoxy) is 1. The van der Waals surface area contributed by atoms with Crippen LogP contribution in [0.1, 0.15) is 57.1 Å². The molecule has 0 saturated carbocycles. The molecule has 22 heavy (non-hydrogen) atoms. The second-order valence-electron chi connectivity index (χ2n) is 5.39. The number of nitrogens with one attached hydrogen (secondary N) is 1. The van der Waals surface area contributed by atoms with Crippen molar-refractivity contribution in [2.45, 2.75) is 51.6 Å². The van der Waals surface area contributed by atoms with Gasteiger partial charge in [0.2, 0.25) is 0 Å². The van der Waals surface area contributed by atoms with E-state index in [0.717, 1.165) is 12.8 Å². The third-order valence-electron chi connectivity index (χ3n) is 3.60. The molecule has 5 heteroatoms. The number of hydrogen-bond donors (Lipinski definition) is 3. The molecule has 0 saturated heterocycles. The van der Waals surface area contributed by atoms with Crippen molar-refractivity contribution in [1.29, 1.82) is 0 Å². The molecular formula is C17H27NO4. The zero-order chi connectivity index (χ0) is 16.4. The first-order chi connectivity index (χ1) is 10.6. The van der Waals surface area contributed by atoms with E-state index >= 15 is 0 Å². The summed E-state index contributed by atoms with van der Waals surface area (Å²) in [4.78, 5) is 11.9. The topological polar surface area (TPSA) is 78.8 Å². The quantitative estimate of drug-likeness (QED) is 0.581. The van der Waals surface area contributed by atoms with E-state index in [2.05, 4.69) is 12.2 Å². The minimum Gasteiger partial charge on any atom is -0.504 e. The van der Waals surface area contributed by atoms with Crippen LogP contribution in [0.25, 0.3) is 0 Å². The van der Waals surface area contributed by atoms with E-state index in [4.69, 9.17) is 4.74 Å². The van der Waals surface area contributed by atoms with E-state index in [1.54, 1.807) is 6.07 Å². The standard InChI is InChI=1S/C17H27NO4/c1-3-4-5-6-7-8-11-18-17(21)16(20)13-9-10-15(22-2)14(19)12-13/h9-10,12,16,19-20H,3-8,11H2,1-2H3,(H,18,21). The highest BCUT2D eigenvalue weighted by molar-refractivity contribution is 5.82. The number of aromatic hydroxyl groups is 1. The Bertz CT molecular complexity index is 462. The zero-order valence-electron chi connectivity index (χ0n) is 13.5. The van der Waals surface area contributed by atoms with Crippen molar-refractivity contribution in [2.24, 2.45) is 0 Å². The van der Waals surface area contributed by atoms with Gasteiger partial charge in [-0.25, -0.2) is 0 Å². The summed E-state index contributed by atoms with van der Waals surface area (Å²) in [6.45, 7) is 2.74. The van der Waals surface area contributed by atoms with Crippen LogP contribution in [0.15, 0.2) is 18.2 Å². The average molecular weight is 309 g/mol. The molecule has 1 unspecified atom stereocenters. The normalized spacial score (nSPS) is 12.0. The third-order valence-corrected chi connectivity index (χ3v) is 3.60. The minimum atomic E-state index is -1.28. The van der Waals surface area contributed by atoms with Crippen molar-refractivity contribution in [2.75, 3.05) is 13.7 Å². The van der Waals surface area contributed by atoms with E-state index in [-0.39, 0.29) is 5.75 Å². The average Bonchev–Trinajstić information content (AvgIpc) is 2.53. The number of hydrogen-bond acceptors (Lipinski definition) is 4. The number of amides is 1. The number of aliphatic hydroxyl groups excluding tert-OH is 1. The SMILES string of the molecule is CCCCCCCCNC(=O)C(O)c1ccc(OC)c(O)c1. The minimum absolute atomic E-state index is 0.0947. The summed E-state index contributed by atoms with van der Waals surface area (Å²) in [6, 6.07) is 4.43. The molecule has 1 rings (SSSR count). The smallest absolute Gasteiger partial charge is 0.253 e. The second-order valence-corrected chi connectivity index (χ2v) is 5.39. The van der Waals surface area contributed by atoms with E-state index in [0.29, 0.717) is 17.9 Å². The number of phenolic OH excluding ortho intramolecular Hbond substituents is 1. The van der Waals surface area contributed by atoms with E-state index in [1.165, 1.54) is 44.9 Å². The molecule has 0 aromatic heterocycles. The Morgan fingerprint density at radius 2 is 1.91 bits per heavy atom. The molecule has 1 atom stereocenters. The zero-order valence-corrected chi connectivity index (χ0v) is 13.5. The number of aliphatic hydroxyl groups is 1. The van der Waals surface area contributed by atoms with Crippen LogP contribution < -0.4 is 10.1 Å². The molecule has 1 amide bonds. The highest BCUT2D eigenvalue weighted by atomic mass is 16.5. The molecule has 0 heterocycles. The monoisotopic (exact) mass is 309 g/mol. The van der Waals surface area contributed by atoms with Gasteiger partial charge < -0.3 is 20.3 Å². The number of rotatable bonds is 10. The van der Waals surface area contributed by atoms with Gasteiger partial charge >= 0.3 is 0 Å². The van der Waals surface area contributed by atoms with Gasteiger partial charge in [-0.15, -0.1) is 0 Å². The number of benzene rings is 1. The Morgan fingerprint density at radius 1 is 1.23 bits per heavy atom. The Labute approximate surface area is 132 Å². The van der Waals surface area contributed by atoms with Gasteiger partial charge in [0.05, 0.1) is 7.11 Å². The fraction of sp³-hybridized carbons (Fsp3) is 0.588. The molecule has 0 aliphatic rings. The maximum absolute atomic E-state index is 11.9. The Balaban J connectivity index is 2.34. The fourth-order valence-electron chi connectivity index (χ4n) is 2.24. The van der Waals surface area contributed by atoms with Crippen molar-refractivity contribution < 1.29 is 19.7 Å². The lowest BCUT2D eigenvalue weighted by atomic mass is 10.1. The second kappa shape index (κ2) is 10.1. The van der Waals surface area contributed by atoms with Gasteiger partial charge in [0.15, 0.2) is 17.6 Å². The first kappa shape index (κ1) is 18.3. The molecule has 0 aliphatic carbocycles. The number of phenols is 1. The van der Waals surface area contributed by atoms with E-state index < -0.39 is 12.0 Å². The summed E-state index contributed by atoms with van der Waals surface area (Å²) in [5, 5.41) is 22.4. The summed E-state index contributed by atoms with van der Waals surface area (Å²) >= 11 is 0. The van der Waals surface area contributed by atoms with Crippen molar-refractivity contribution in [3.05, 3.63) is 23.8 Å². The van der Waals surface area contributed by atoms with Gasteiger partial charge in [-0.3, -0.25) is 4.79 Å². The van der Waals surface area contributed by atoms with Gasteiger partial charge in [-0.1, -0.05) is 45.1 Å². The lowest BCUT2D eigenvalue weighted by Gasteiger charge is -2.13. The first-order valence-corrected chi connectivity index (χ1v) is 7.92. The Morgan fingerprint density at radius 3 is 2.55 bits per heavy atom. The maximum atomic E-state index is 11.9. The number of carbonyl (C=O) groups is 1. The fourth-order valence-corrected chi connectivity index (χ4v) is 2.24. The number of methoxy groups -OCH3 is 1.